The topological polar surface area (TPSA) is 76.1 Å². The summed E-state index contributed by atoms with van der Waals surface area (Å²) in [4.78, 5) is 31.3. The number of piperazine rings is 1. The monoisotopic (exact) mass is 488 g/mol. The van der Waals surface area contributed by atoms with Gasteiger partial charge in [-0.1, -0.05) is 12.1 Å². The Balaban J connectivity index is 1.47. The summed E-state index contributed by atoms with van der Waals surface area (Å²) < 4.78 is 0. The number of benzene rings is 2. The summed E-state index contributed by atoms with van der Waals surface area (Å²) in [5, 5.41) is 16.9. The van der Waals surface area contributed by atoms with Crippen molar-refractivity contribution in [1.29, 1.82) is 0 Å². The van der Waals surface area contributed by atoms with Crippen LogP contribution in [0.4, 0.5) is 11.4 Å². The molecular weight excluding hydrogens is 460 g/mol. The minimum absolute atomic E-state index is 0.155. The Hall–Kier alpha value is -3.46. The number of carboxylic acids is 1. The van der Waals surface area contributed by atoms with Crippen LogP contribution in [0.15, 0.2) is 59.3 Å². The minimum atomic E-state index is -1.02. The van der Waals surface area contributed by atoms with Crippen molar-refractivity contribution in [3.05, 3.63) is 81.5 Å². The molecule has 0 bridgehead atoms. The maximum absolute atomic E-state index is 13.3. The first-order chi connectivity index (χ1) is 16.9. The smallest absolute Gasteiger partial charge is 0.335 e. The first kappa shape index (κ1) is 23.3. The van der Waals surface area contributed by atoms with Gasteiger partial charge in [0.05, 0.1) is 22.5 Å². The molecule has 0 atom stereocenters. The summed E-state index contributed by atoms with van der Waals surface area (Å²) in [6, 6.07) is 15.1. The van der Waals surface area contributed by atoms with Crippen molar-refractivity contribution < 1.29 is 14.7 Å². The Morgan fingerprint density at radius 1 is 1.00 bits per heavy atom. The number of carbonyl (C=O) groups excluding carboxylic acids is 1. The molecule has 2 N–H and O–H groups in total. The zero-order chi connectivity index (χ0) is 24.5. The van der Waals surface area contributed by atoms with Crippen LogP contribution in [0.3, 0.4) is 0 Å². The number of amides is 1. The van der Waals surface area contributed by atoms with Gasteiger partial charge in [0.2, 0.25) is 0 Å². The van der Waals surface area contributed by atoms with Crippen LogP contribution in [-0.4, -0.2) is 67.1 Å². The Morgan fingerprint density at radius 3 is 2.40 bits per heavy atom. The molecule has 1 fully saturated rings. The number of anilines is 2. The number of likely N-dealkylation sites (N-methyl/N-ethyl adjacent to an activating group) is 2. The predicted molar refractivity (Wildman–Crippen MR) is 141 cm³/mol. The first-order valence-electron chi connectivity index (χ1n) is 11.6. The van der Waals surface area contributed by atoms with Crippen molar-refractivity contribution in [2.24, 2.45) is 0 Å². The van der Waals surface area contributed by atoms with Gasteiger partial charge in [0, 0.05) is 62.0 Å². The molecule has 1 amide bonds. The van der Waals surface area contributed by atoms with E-state index in [1.54, 1.807) is 35.4 Å². The van der Waals surface area contributed by atoms with Gasteiger partial charge in [-0.05, 0) is 54.4 Å². The molecule has 0 aliphatic carbocycles. The van der Waals surface area contributed by atoms with Crippen molar-refractivity contribution in [3.8, 4) is 0 Å². The molecule has 0 unspecified atom stereocenters. The van der Waals surface area contributed by atoms with Gasteiger partial charge in [0.1, 0.15) is 0 Å². The van der Waals surface area contributed by atoms with E-state index in [-0.39, 0.29) is 11.5 Å². The van der Waals surface area contributed by atoms with E-state index in [0.717, 1.165) is 44.0 Å². The SMILES string of the molecule is CN1CCN(Cc2ccc(NC(=C3C(=O)N(C)c4ccc(C(=O)O)cc43)c3ccsc3)cc2)CC1. The van der Waals surface area contributed by atoms with E-state index in [9.17, 15) is 14.7 Å². The van der Waals surface area contributed by atoms with Crippen LogP contribution in [0, 0.1) is 0 Å². The van der Waals surface area contributed by atoms with E-state index in [4.69, 9.17) is 0 Å². The zero-order valence-electron chi connectivity index (χ0n) is 19.8. The van der Waals surface area contributed by atoms with Crippen LogP contribution in [-0.2, 0) is 11.3 Å². The lowest BCUT2D eigenvalue weighted by Gasteiger charge is -2.32. The molecule has 1 saturated heterocycles. The third kappa shape index (κ3) is 4.73. The molecule has 0 saturated carbocycles. The van der Waals surface area contributed by atoms with Crippen molar-refractivity contribution >= 4 is 45.9 Å². The average molecular weight is 489 g/mol. The molecule has 7 nitrogen and oxygen atoms in total. The molecule has 5 rings (SSSR count). The molecule has 3 aromatic rings. The van der Waals surface area contributed by atoms with Crippen LogP contribution >= 0.6 is 11.3 Å². The molecule has 2 aliphatic heterocycles. The van der Waals surface area contributed by atoms with E-state index < -0.39 is 5.97 Å². The first-order valence-corrected chi connectivity index (χ1v) is 12.5. The molecule has 1 aromatic heterocycles. The van der Waals surface area contributed by atoms with Crippen molar-refractivity contribution in [2.75, 3.05) is 50.5 Å². The zero-order valence-corrected chi connectivity index (χ0v) is 20.6. The summed E-state index contributed by atoms with van der Waals surface area (Å²) >= 11 is 1.55. The van der Waals surface area contributed by atoms with Gasteiger partial charge in [-0.15, -0.1) is 0 Å². The number of aromatic carboxylic acids is 1. The second-order valence-corrected chi connectivity index (χ2v) is 9.84. The van der Waals surface area contributed by atoms with Gasteiger partial charge in [-0.2, -0.15) is 11.3 Å². The van der Waals surface area contributed by atoms with Gasteiger partial charge in [0.25, 0.3) is 5.91 Å². The van der Waals surface area contributed by atoms with Crippen molar-refractivity contribution in [3.63, 3.8) is 0 Å². The molecule has 180 valence electrons. The van der Waals surface area contributed by atoms with Crippen LogP contribution in [0.1, 0.15) is 27.0 Å². The quantitative estimate of drug-likeness (QED) is 0.508. The molecule has 8 heteroatoms. The summed E-state index contributed by atoms with van der Waals surface area (Å²) in [5.74, 6) is -1.18. The van der Waals surface area contributed by atoms with Crippen molar-refractivity contribution in [1.82, 2.24) is 9.80 Å². The third-order valence-electron chi connectivity index (χ3n) is 6.68. The van der Waals surface area contributed by atoms with Crippen LogP contribution < -0.4 is 10.2 Å². The number of rotatable bonds is 6. The minimum Gasteiger partial charge on any atom is -0.478 e. The largest absolute Gasteiger partial charge is 0.478 e. The Kier molecular flexibility index (Phi) is 6.42. The molecule has 3 heterocycles. The third-order valence-corrected chi connectivity index (χ3v) is 7.36. The van der Waals surface area contributed by atoms with Gasteiger partial charge < -0.3 is 20.2 Å². The lowest BCUT2D eigenvalue weighted by atomic mass is 9.99. The number of nitrogens with one attached hydrogen (secondary N) is 1. The van der Waals surface area contributed by atoms with Gasteiger partial charge in [-0.25, -0.2) is 4.79 Å². The summed E-state index contributed by atoms with van der Waals surface area (Å²) in [6.45, 7) is 5.23. The number of hydrogen-bond acceptors (Lipinski definition) is 6. The highest BCUT2D eigenvalue weighted by atomic mass is 32.1. The highest BCUT2D eigenvalue weighted by Crippen LogP contribution is 2.41. The molecule has 2 aromatic carbocycles. The van der Waals surface area contributed by atoms with E-state index >= 15 is 0 Å². The fraction of sp³-hybridized carbons (Fsp3) is 0.259. The number of carbonyl (C=O) groups is 2. The Bertz CT molecular complexity index is 1280. The highest BCUT2D eigenvalue weighted by molar-refractivity contribution is 7.08. The van der Waals surface area contributed by atoms with Crippen molar-refractivity contribution in [2.45, 2.75) is 6.54 Å². The predicted octanol–water partition coefficient (Wildman–Crippen LogP) is 4.15. The van der Waals surface area contributed by atoms with E-state index in [1.807, 2.05) is 29.0 Å². The number of carboxylic acid groups (broad SMARTS) is 1. The second-order valence-electron chi connectivity index (χ2n) is 9.06. The maximum Gasteiger partial charge on any atom is 0.335 e. The molecule has 0 radical (unpaired) electrons. The Labute approximate surface area is 208 Å². The van der Waals surface area contributed by atoms with Crippen LogP contribution in [0.5, 0.6) is 0 Å². The van der Waals surface area contributed by atoms with Gasteiger partial charge in [-0.3, -0.25) is 9.69 Å². The second kappa shape index (κ2) is 9.65. The summed E-state index contributed by atoms with van der Waals surface area (Å²) in [7, 11) is 3.87. The van der Waals surface area contributed by atoms with E-state index in [1.165, 1.54) is 11.6 Å². The maximum atomic E-state index is 13.3. The summed E-state index contributed by atoms with van der Waals surface area (Å²) in [6.07, 6.45) is 0. The number of thiophene rings is 1. The Morgan fingerprint density at radius 2 is 1.74 bits per heavy atom. The van der Waals surface area contributed by atoms with E-state index in [2.05, 4.69) is 34.3 Å². The molecular formula is C27H28N4O3S. The standard InChI is InChI=1S/C27H28N4O3S/c1-29-10-12-31(13-11-29)16-18-3-6-21(7-4-18)28-25(20-9-14-35-17-20)24-22-15-19(27(33)34)5-8-23(22)30(2)26(24)32/h3-9,14-15,17,28H,10-13,16H2,1-2H3,(H,33,34). The lowest BCUT2D eigenvalue weighted by molar-refractivity contribution is -0.112. The number of hydrogen-bond donors (Lipinski definition) is 2. The lowest BCUT2D eigenvalue weighted by Crippen LogP contribution is -2.43. The number of fused-ring (bicyclic) bond motifs is 1. The number of nitrogens with zero attached hydrogens (tertiary/aromatic N) is 3. The molecule has 35 heavy (non-hydrogen) atoms. The molecule has 0 spiro atoms. The fourth-order valence-electron chi connectivity index (χ4n) is 4.58. The van der Waals surface area contributed by atoms with Gasteiger partial charge >= 0.3 is 5.97 Å². The molecule has 2 aliphatic rings. The van der Waals surface area contributed by atoms with Gasteiger partial charge in [0.15, 0.2) is 0 Å². The van der Waals surface area contributed by atoms with Crippen LogP contribution in [0.2, 0.25) is 0 Å². The summed E-state index contributed by atoms with van der Waals surface area (Å²) in [5.41, 5.74) is 5.65. The highest BCUT2D eigenvalue weighted by Gasteiger charge is 2.34. The van der Waals surface area contributed by atoms with Crippen LogP contribution in [0.25, 0.3) is 11.3 Å². The fourth-order valence-corrected chi connectivity index (χ4v) is 5.23. The average Bonchev–Trinajstić information content (AvgIpc) is 3.47. The van der Waals surface area contributed by atoms with E-state index in [0.29, 0.717) is 22.5 Å². The normalized spacial score (nSPS) is 18.0.